The molecule has 0 aromatic heterocycles. The van der Waals surface area contributed by atoms with Gasteiger partial charge < -0.3 is 8.97 Å². The summed E-state index contributed by atoms with van der Waals surface area (Å²) in [5, 5.41) is 11.7. The highest BCUT2D eigenvalue weighted by Gasteiger charge is 2.16. The fourth-order valence-corrected chi connectivity index (χ4v) is 4.85. The molecule has 0 bridgehead atoms. The van der Waals surface area contributed by atoms with E-state index in [1.54, 1.807) is 0 Å². The molecular weight excluding hydrogens is 452 g/mol. The van der Waals surface area contributed by atoms with Gasteiger partial charge in [0.15, 0.2) is 0 Å². The lowest BCUT2D eigenvalue weighted by molar-refractivity contribution is -0.890. The first-order valence-corrected chi connectivity index (χ1v) is 14.7. The number of nitrogens with zero attached hydrogens (tertiary/aromatic N) is 2. The van der Waals surface area contributed by atoms with Gasteiger partial charge >= 0.3 is 0 Å². The molecule has 194 valence electrons. The summed E-state index contributed by atoms with van der Waals surface area (Å²) in [5.41, 5.74) is 0. The highest BCUT2D eigenvalue weighted by atomic mass is 32.2. The largest absolute Gasteiger partial charge is 0.328 e. The highest BCUT2D eigenvalue weighted by molar-refractivity contribution is 7.94. The highest BCUT2D eigenvalue weighted by Crippen LogP contribution is 2.14. The fourth-order valence-electron chi connectivity index (χ4n) is 4.00. The Bertz CT molecular complexity index is 545. The molecule has 0 radical (unpaired) electrons. The monoisotopic (exact) mass is 502 g/mol. The van der Waals surface area contributed by atoms with Gasteiger partial charge in [0.05, 0.1) is 60.1 Å². The number of hydrogen-bond acceptors (Lipinski definition) is 6. The van der Waals surface area contributed by atoms with Crippen LogP contribution in [0.5, 0.6) is 0 Å². The first-order valence-electron chi connectivity index (χ1n) is 12.2. The Hall–Kier alpha value is 0.0600. The van der Waals surface area contributed by atoms with Crippen LogP contribution in [0.15, 0.2) is 0 Å². The number of unbranched alkanes of at least 4 members (excludes halogenated alkanes) is 9. The second kappa shape index (κ2) is 18.4. The van der Waals surface area contributed by atoms with E-state index >= 15 is 0 Å². The summed E-state index contributed by atoms with van der Waals surface area (Å²) >= 11 is 1.13. The standard InChI is InChI=1S/C22H48N2O6S2/c1-23(2,19-15-21-31-30-29-25)17-13-11-9-7-5-6-8-10-12-14-18-24(3,4)20-16-22-32(26,27)28/h5-22H2,1-4H3/p+2. The first kappa shape index (κ1) is 32.1. The molecule has 0 heterocycles. The van der Waals surface area contributed by atoms with E-state index in [2.05, 4.69) is 37.6 Å². The minimum Gasteiger partial charge on any atom is -0.328 e. The molecule has 0 aromatic rings. The molecular formula is C22H50N2O6S2+2. The van der Waals surface area contributed by atoms with E-state index in [9.17, 15) is 8.42 Å². The molecule has 0 fully saturated rings. The molecule has 0 aromatic carbocycles. The van der Waals surface area contributed by atoms with Crippen LogP contribution < -0.4 is 0 Å². The smallest absolute Gasteiger partial charge is 0.265 e. The zero-order valence-electron chi connectivity index (χ0n) is 21.0. The molecule has 2 N–H and O–H groups in total. The van der Waals surface area contributed by atoms with E-state index in [4.69, 9.17) is 9.81 Å². The van der Waals surface area contributed by atoms with Crippen LogP contribution in [0.4, 0.5) is 0 Å². The predicted octanol–water partition coefficient (Wildman–Crippen LogP) is 4.78. The normalized spacial score (nSPS) is 13.1. The van der Waals surface area contributed by atoms with Gasteiger partial charge in [-0.15, -0.1) is 4.33 Å². The lowest BCUT2D eigenvalue weighted by Gasteiger charge is -2.29. The number of hydrogen-bond donors (Lipinski definition) is 2. The second-order valence-corrected chi connectivity index (χ2v) is 12.6. The third-order valence-electron chi connectivity index (χ3n) is 6.01. The molecule has 8 nitrogen and oxygen atoms in total. The molecule has 0 aliphatic carbocycles. The maximum Gasteiger partial charge on any atom is 0.265 e. The summed E-state index contributed by atoms with van der Waals surface area (Å²) < 4.78 is 36.7. The lowest BCUT2D eigenvalue weighted by Crippen LogP contribution is -2.41. The maximum absolute atomic E-state index is 10.8. The molecule has 0 spiro atoms. The van der Waals surface area contributed by atoms with Crippen molar-refractivity contribution < 1.29 is 36.6 Å². The van der Waals surface area contributed by atoms with Crippen molar-refractivity contribution in [2.24, 2.45) is 0 Å². The van der Waals surface area contributed by atoms with E-state index in [-0.39, 0.29) is 5.75 Å². The van der Waals surface area contributed by atoms with Crippen molar-refractivity contribution >= 4 is 22.2 Å². The maximum atomic E-state index is 10.8. The van der Waals surface area contributed by atoms with Crippen LogP contribution in [0, 0.1) is 0 Å². The van der Waals surface area contributed by atoms with Gasteiger partial charge in [-0.1, -0.05) is 43.6 Å². The summed E-state index contributed by atoms with van der Waals surface area (Å²) in [5.74, 6) is 0.680. The SMILES string of the molecule is C[N+](C)(CCCCCCCCCCCC[N+](C)(C)CCCS(=O)(=O)O)CCCSOOO. The summed E-state index contributed by atoms with van der Waals surface area (Å²) in [4.78, 5) is 0. The second-order valence-electron chi connectivity index (χ2n) is 10.3. The van der Waals surface area contributed by atoms with Gasteiger partial charge in [-0.05, 0) is 25.7 Å². The van der Waals surface area contributed by atoms with Gasteiger partial charge in [-0.25, -0.2) is 5.26 Å². The van der Waals surface area contributed by atoms with Crippen molar-refractivity contribution in [2.75, 3.05) is 65.9 Å². The average molecular weight is 503 g/mol. The Morgan fingerprint density at radius 1 is 0.656 bits per heavy atom. The van der Waals surface area contributed by atoms with E-state index in [1.807, 2.05) is 0 Å². The van der Waals surface area contributed by atoms with E-state index in [0.717, 1.165) is 52.8 Å². The molecule has 0 unspecified atom stereocenters. The molecule has 0 rings (SSSR count). The fraction of sp³-hybridized carbons (Fsp3) is 1.00. The van der Waals surface area contributed by atoms with Crippen molar-refractivity contribution in [1.29, 1.82) is 0 Å². The van der Waals surface area contributed by atoms with E-state index < -0.39 is 10.1 Å². The van der Waals surface area contributed by atoms with E-state index in [0.29, 0.717) is 6.42 Å². The van der Waals surface area contributed by atoms with Crippen LogP contribution in [-0.4, -0.2) is 93.1 Å². The summed E-state index contributed by atoms with van der Waals surface area (Å²) in [6.45, 7) is 4.14. The number of quaternary nitrogens is 2. The zero-order chi connectivity index (χ0) is 24.3. The van der Waals surface area contributed by atoms with Gasteiger partial charge in [-0.2, -0.15) is 8.42 Å². The topological polar surface area (TPSA) is 93.1 Å². The Morgan fingerprint density at radius 2 is 1.03 bits per heavy atom. The molecule has 0 amide bonds. The Balaban J connectivity index is 3.48. The quantitative estimate of drug-likeness (QED) is 0.0519. The molecule has 0 saturated carbocycles. The van der Waals surface area contributed by atoms with Crippen molar-refractivity contribution in [3.63, 3.8) is 0 Å². The van der Waals surface area contributed by atoms with Crippen molar-refractivity contribution in [3.8, 4) is 0 Å². The third kappa shape index (κ3) is 23.2. The zero-order valence-corrected chi connectivity index (χ0v) is 22.6. The van der Waals surface area contributed by atoms with Crippen molar-refractivity contribution in [3.05, 3.63) is 0 Å². The lowest BCUT2D eigenvalue weighted by atomic mass is 10.1. The Labute approximate surface area is 201 Å². The van der Waals surface area contributed by atoms with Crippen LogP contribution in [0.2, 0.25) is 0 Å². The van der Waals surface area contributed by atoms with Gasteiger partial charge in [-0.3, -0.25) is 4.55 Å². The van der Waals surface area contributed by atoms with Gasteiger partial charge in [0, 0.05) is 30.6 Å². The summed E-state index contributed by atoms with van der Waals surface area (Å²) in [7, 11) is 4.98. The minimum absolute atomic E-state index is 0.136. The van der Waals surface area contributed by atoms with Gasteiger partial charge in [0.1, 0.15) is 0 Å². The molecule has 0 atom stereocenters. The summed E-state index contributed by atoms with van der Waals surface area (Å²) in [6.07, 6.45) is 14.4. The average Bonchev–Trinajstić information content (AvgIpc) is 2.67. The van der Waals surface area contributed by atoms with Gasteiger partial charge in [0.25, 0.3) is 10.1 Å². The van der Waals surface area contributed by atoms with E-state index in [1.165, 1.54) is 70.8 Å². The van der Waals surface area contributed by atoms with Crippen molar-refractivity contribution in [1.82, 2.24) is 0 Å². The Kier molecular flexibility index (Phi) is 18.4. The number of rotatable bonds is 23. The molecule has 32 heavy (non-hydrogen) atoms. The molecule has 0 aliphatic heterocycles. The van der Waals surface area contributed by atoms with Crippen LogP contribution in [0.25, 0.3) is 0 Å². The molecule has 0 saturated heterocycles. The predicted molar refractivity (Wildman–Crippen MR) is 133 cm³/mol. The minimum atomic E-state index is -3.83. The van der Waals surface area contributed by atoms with Crippen molar-refractivity contribution in [2.45, 2.75) is 77.0 Å². The first-order chi connectivity index (χ1) is 15.0. The van der Waals surface area contributed by atoms with Crippen LogP contribution in [-0.2, 0) is 19.5 Å². The van der Waals surface area contributed by atoms with Crippen LogP contribution in [0.1, 0.15) is 77.0 Å². The van der Waals surface area contributed by atoms with Crippen LogP contribution >= 0.6 is 12.0 Å². The third-order valence-corrected chi connectivity index (χ3v) is 7.43. The molecule has 0 aliphatic rings. The Morgan fingerprint density at radius 3 is 1.44 bits per heavy atom. The molecule has 10 heteroatoms. The van der Waals surface area contributed by atoms with Gasteiger partial charge in [0.2, 0.25) is 0 Å². The summed E-state index contributed by atoms with van der Waals surface area (Å²) in [6, 6.07) is 0. The van der Waals surface area contributed by atoms with Crippen LogP contribution in [0.3, 0.4) is 0 Å².